The number of rotatable bonds is 6. The third-order valence-corrected chi connectivity index (χ3v) is 4.66. The first-order chi connectivity index (χ1) is 12.1. The summed E-state index contributed by atoms with van der Waals surface area (Å²) in [6, 6.07) is 12.0. The van der Waals surface area contributed by atoms with Gasteiger partial charge in [0.2, 0.25) is 5.91 Å². The zero-order chi connectivity index (χ0) is 17.6. The topological polar surface area (TPSA) is 62.6 Å². The Morgan fingerprint density at radius 1 is 1.24 bits per heavy atom. The lowest BCUT2D eigenvalue weighted by molar-refractivity contribution is -0.131. The summed E-state index contributed by atoms with van der Waals surface area (Å²) in [7, 11) is 0. The van der Waals surface area contributed by atoms with Crippen LogP contribution in [-0.2, 0) is 11.2 Å². The summed E-state index contributed by atoms with van der Waals surface area (Å²) in [5.74, 6) is 0.0932. The molecular formula is C20H24N2O3. The average Bonchev–Trinajstić information content (AvgIpc) is 3.28. The van der Waals surface area contributed by atoms with Gasteiger partial charge >= 0.3 is 0 Å². The van der Waals surface area contributed by atoms with Gasteiger partial charge in [0.1, 0.15) is 0 Å². The number of carbonyl (C=O) groups is 2. The van der Waals surface area contributed by atoms with Crippen molar-refractivity contribution in [3.05, 3.63) is 59.5 Å². The van der Waals surface area contributed by atoms with Crippen molar-refractivity contribution >= 4 is 11.8 Å². The van der Waals surface area contributed by atoms with Gasteiger partial charge in [0.05, 0.1) is 6.26 Å². The molecule has 2 aromatic rings. The van der Waals surface area contributed by atoms with Gasteiger partial charge in [0.15, 0.2) is 5.76 Å². The van der Waals surface area contributed by atoms with Gasteiger partial charge in [-0.1, -0.05) is 29.8 Å². The number of hydrogen-bond acceptors (Lipinski definition) is 3. The molecule has 1 fully saturated rings. The molecule has 0 radical (unpaired) electrons. The first-order valence-corrected chi connectivity index (χ1v) is 8.80. The standard InChI is InChI=1S/C20H24N2O3/c1-15-6-8-16(9-7-15)14-17-4-2-12-22(17)19(23)10-11-21-20(24)18-5-3-13-25-18/h3,5-9,13,17H,2,4,10-12,14H2,1H3,(H,21,24)/t17-/m0/s1. The smallest absolute Gasteiger partial charge is 0.286 e. The summed E-state index contributed by atoms with van der Waals surface area (Å²) >= 11 is 0. The third-order valence-electron chi connectivity index (χ3n) is 4.66. The van der Waals surface area contributed by atoms with E-state index in [1.165, 1.54) is 17.4 Å². The highest BCUT2D eigenvalue weighted by Gasteiger charge is 2.28. The fraction of sp³-hybridized carbons (Fsp3) is 0.400. The van der Waals surface area contributed by atoms with Crippen LogP contribution in [0.3, 0.4) is 0 Å². The molecule has 1 aromatic carbocycles. The molecule has 0 bridgehead atoms. The number of hydrogen-bond donors (Lipinski definition) is 1. The molecular weight excluding hydrogens is 316 g/mol. The summed E-state index contributed by atoms with van der Waals surface area (Å²) in [6.45, 7) is 3.21. The maximum Gasteiger partial charge on any atom is 0.286 e. The van der Waals surface area contributed by atoms with Gasteiger partial charge in [-0.3, -0.25) is 9.59 Å². The quantitative estimate of drug-likeness (QED) is 0.879. The Kier molecular flexibility index (Phi) is 5.53. The molecule has 25 heavy (non-hydrogen) atoms. The highest BCUT2D eigenvalue weighted by atomic mass is 16.3. The number of carbonyl (C=O) groups excluding carboxylic acids is 2. The molecule has 0 spiro atoms. The van der Waals surface area contributed by atoms with Crippen LogP contribution < -0.4 is 5.32 Å². The largest absolute Gasteiger partial charge is 0.459 e. The van der Waals surface area contributed by atoms with E-state index in [1.807, 2.05) is 4.90 Å². The molecule has 1 saturated heterocycles. The normalized spacial score (nSPS) is 16.8. The summed E-state index contributed by atoms with van der Waals surface area (Å²) in [4.78, 5) is 26.3. The number of likely N-dealkylation sites (tertiary alicyclic amines) is 1. The van der Waals surface area contributed by atoms with E-state index in [1.54, 1.807) is 12.1 Å². The van der Waals surface area contributed by atoms with E-state index in [0.29, 0.717) is 13.0 Å². The van der Waals surface area contributed by atoms with Gasteiger partial charge in [-0.2, -0.15) is 0 Å². The molecule has 1 aromatic heterocycles. The van der Waals surface area contributed by atoms with Gasteiger partial charge in [-0.15, -0.1) is 0 Å². The van der Waals surface area contributed by atoms with Gasteiger partial charge in [-0.25, -0.2) is 0 Å². The fourth-order valence-corrected chi connectivity index (χ4v) is 3.29. The Labute approximate surface area is 148 Å². The fourth-order valence-electron chi connectivity index (χ4n) is 3.29. The van der Waals surface area contributed by atoms with Crippen LogP contribution in [0.1, 0.15) is 40.9 Å². The summed E-state index contributed by atoms with van der Waals surface area (Å²) in [6.07, 6.45) is 4.75. The third kappa shape index (κ3) is 4.50. The Balaban J connectivity index is 1.48. The lowest BCUT2D eigenvalue weighted by Crippen LogP contribution is -2.38. The minimum absolute atomic E-state index is 0.106. The van der Waals surface area contributed by atoms with E-state index >= 15 is 0 Å². The van der Waals surface area contributed by atoms with Crippen LogP contribution in [0, 0.1) is 6.92 Å². The predicted octanol–water partition coefficient (Wildman–Crippen LogP) is 2.94. The van der Waals surface area contributed by atoms with Crippen molar-refractivity contribution in [3.8, 4) is 0 Å². The predicted molar refractivity (Wildman–Crippen MR) is 95.3 cm³/mol. The number of benzene rings is 1. The van der Waals surface area contributed by atoms with E-state index in [9.17, 15) is 9.59 Å². The first-order valence-electron chi connectivity index (χ1n) is 8.80. The van der Waals surface area contributed by atoms with Crippen LogP contribution in [0.5, 0.6) is 0 Å². The lowest BCUT2D eigenvalue weighted by atomic mass is 10.0. The van der Waals surface area contributed by atoms with E-state index in [-0.39, 0.29) is 23.6 Å². The Bertz CT molecular complexity index is 707. The van der Waals surface area contributed by atoms with Gasteiger partial charge < -0.3 is 14.6 Å². The van der Waals surface area contributed by atoms with Crippen LogP contribution in [0.25, 0.3) is 0 Å². The molecule has 1 N–H and O–H groups in total. The van der Waals surface area contributed by atoms with E-state index in [4.69, 9.17) is 4.42 Å². The van der Waals surface area contributed by atoms with Crippen LogP contribution >= 0.6 is 0 Å². The zero-order valence-electron chi connectivity index (χ0n) is 14.5. The molecule has 2 amide bonds. The number of furan rings is 1. The Morgan fingerprint density at radius 3 is 2.76 bits per heavy atom. The highest BCUT2D eigenvalue weighted by Crippen LogP contribution is 2.22. The Morgan fingerprint density at radius 2 is 2.04 bits per heavy atom. The van der Waals surface area contributed by atoms with Gasteiger partial charge in [-0.05, 0) is 43.9 Å². The van der Waals surface area contributed by atoms with Crippen molar-refractivity contribution in [2.45, 2.75) is 38.6 Å². The molecule has 0 aliphatic carbocycles. The molecule has 0 saturated carbocycles. The molecule has 5 nitrogen and oxygen atoms in total. The minimum Gasteiger partial charge on any atom is -0.459 e. The lowest BCUT2D eigenvalue weighted by Gasteiger charge is -2.25. The average molecular weight is 340 g/mol. The first kappa shape index (κ1) is 17.3. The molecule has 2 heterocycles. The molecule has 3 rings (SSSR count). The molecule has 0 unspecified atom stereocenters. The maximum absolute atomic E-state index is 12.5. The maximum atomic E-state index is 12.5. The van der Waals surface area contributed by atoms with Crippen LogP contribution in [-0.4, -0.2) is 35.8 Å². The molecule has 5 heteroatoms. The van der Waals surface area contributed by atoms with Gasteiger partial charge in [0, 0.05) is 25.6 Å². The van der Waals surface area contributed by atoms with Crippen molar-refractivity contribution in [3.63, 3.8) is 0 Å². The SMILES string of the molecule is Cc1ccc(C[C@@H]2CCCN2C(=O)CCNC(=O)c2ccco2)cc1. The monoisotopic (exact) mass is 340 g/mol. The van der Waals surface area contributed by atoms with Crippen LogP contribution in [0.2, 0.25) is 0 Å². The highest BCUT2D eigenvalue weighted by molar-refractivity contribution is 5.91. The van der Waals surface area contributed by atoms with Gasteiger partial charge in [0.25, 0.3) is 5.91 Å². The summed E-state index contributed by atoms with van der Waals surface area (Å²) in [5.41, 5.74) is 2.51. The number of aryl methyl sites for hydroxylation is 1. The van der Waals surface area contributed by atoms with Crippen molar-refractivity contribution in [2.24, 2.45) is 0 Å². The second kappa shape index (κ2) is 8.01. The molecule has 1 aliphatic heterocycles. The summed E-state index contributed by atoms with van der Waals surface area (Å²) < 4.78 is 5.04. The van der Waals surface area contributed by atoms with Crippen molar-refractivity contribution in [1.29, 1.82) is 0 Å². The van der Waals surface area contributed by atoms with Crippen LogP contribution in [0.15, 0.2) is 47.1 Å². The molecule has 1 aliphatic rings. The number of amides is 2. The number of nitrogens with zero attached hydrogens (tertiary/aromatic N) is 1. The van der Waals surface area contributed by atoms with E-state index in [2.05, 4.69) is 36.5 Å². The molecule has 132 valence electrons. The van der Waals surface area contributed by atoms with Crippen LogP contribution in [0.4, 0.5) is 0 Å². The van der Waals surface area contributed by atoms with Crippen molar-refractivity contribution < 1.29 is 14.0 Å². The second-order valence-electron chi connectivity index (χ2n) is 6.56. The van der Waals surface area contributed by atoms with E-state index < -0.39 is 0 Å². The Hall–Kier alpha value is -2.56. The number of nitrogens with one attached hydrogen (secondary N) is 1. The minimum atomic E-state index is -0.282. The van der Waals surface area contributed by atoms with E-state index in [0.717, 1.165) is 25.8 Å². The molecule has 1 atom stereocenters. The summed E-state index contributed by atoms with van der Waals surface area (Å²) in [5, 5.41) is 2.73. The van der Waals surface area contributed by atoms with Crippen molar-refractivity contribution in [2.75, 3.05) is 13.1 Å². The second-order valence-corrected chi connectivity index (χ2v) is 6.56. The zero-order valence-corrected chi connectivity index (χ0v) is 14.5. The van der Waals surface area contributed by atoms with Crippen molar-refractivity contribution in [1.82, 2.24) is 10.2 Å².